The largest absolute Gasteiger partial charge is 0.436 e. The lowest BCUT2D eigenvalue weighted by atomic mass is 9.95. The van der Waals surface area contributed by atoms with Gasteiger partial charge in [-0.1, -0.05) is 15.9 Å². The summed E-state index contributed by atoms with van der Waals surface area (Å²) in [4.78, 5) is 6.02. The molecule has 3 nitrogen and oxygen atoms in total. The summed E-state index contributed by atoms with van der Waals surface area (Å²) in [6.07, 6.45) is 4.70. The molecule has 4 rings (SSSR count). The van der Waals surface area contributed by atoms with Gasteiger partial charge in [0.1, 0.15) is 5.52 Å². The van der Waals surface area contributed by atoms with Crippen molar-refractivity contribution < 1.29 is 4.42 Å². The van der Waals surface area contributed by atoms with Crippen LogP contribution in [0.3, 0.4) is 0 Å². The Kier molecular flexibility index (Phi) is 2.86. The van der Waals surface area contributed by atoms with Crippen molar-refractivity contribution in [3.05, 3.63) is 33.1 Å². The lowest BCUT2D eigenvalue weighted by Gasteiger charge is -2.10. The molecule has 20 heavy (non-hydrogen) atoms. The Morgan fingerprint density at radius 1 is 1.25 bits per heavy atom. The molecule has 2 heterocycles. The first-order valence-electron chi connectivity index (χ1n) is 6.69. The van der Waals surface area contributed by atoms with Gasteiger partial charge in [-0.15, -0.1) is 11.3 Å². The summed E-state index contributed by atoms with van der Waals surface area (Å²) in [5.74, 6) is 0.662. The zero-order valence-electron chi connectivity index (χ0n) is 10.8. The van der Waals surface area contributed by atoms with Crippen molar-refractivity contribution >= 4 is 43.4 Å². The van der Waals surface area contributed by atoms with Crippen molar-refractivity contribution in [1.82, 2.24) is 4.98 Å². The molecule has 0 spiro atoms. The molecule has 2 aromatic heterocycles. The Labute approximate surface area is 128 Å². The molecule has 3 aromatic rings. The monoisotopic (exact) mass is 348 g/mol. The maximum absolute atomic E-state index is 6.21. The molecule has 0 atom stereocenters. The van der Waals surface area contributed by atoms with E-state index in [4.69, 9.17) is 10.2 Å². The molecule has 0 saturated heterocycles. The highest BCUT2D eigenvalue weighted by molar-refractivity contribution is 9.10. The van der Waals surface area contributed by atoms with Crippen LogP contribution >= 0.6 is 27.3 Å². The van der Waals surface area contributed by atoms with E-state index in [-0.39, 0.29) is 0 Å². The second kappa shape index (κ2) is 4.60. The summed E-state index contributed by atoms with van der Waals surface area (Å²) in [5.41, 5.74) is 10.3. The first kappa shape index (κ1) is 12.4. The number of hydrogen-bond donors (Lipinski definition) is 1. The molecule has 5 heteroatoms. The number of nitrogens with two attached hydrogens (primary N) is 1. The number of aryl methyl sites for hydroxylation is 1. The normalized spacial score (nSPS) is 14.7. The molecule has 0 fully saturated rings. The molecular formula is C15H13BrN2OS. The molecule has 0 unspecified atom stereocenters. The lowest BCUT2D eigenvalue weighted by molar-refractivity contribution is 0.617. The Hall–Kier alpha value is -1.33. The van der Waals surface area contributed by atoms with Gasteiger partial charge in [0.25, 0.3) is 0 Å². The summed E-state index contributed by atoms with van der Waals surface area (Å²) < 4.78 is 6.91. The van der Waals surface area contributed by atoms with Gasteiger partial charge in [0.05, 0.1) is 10.6 Å². The van der Waals surface area contributed by atoms with Crippen LogP contribution in [-0.4, -0.2) is 4.98 Å². The van der Waals surface area contributed by atoms with Gasteiger partial charge in [-0.2, -0.15) is 0 Å². The first-order chi connectivity index (χ1) is 9.72. The van der Waals surface area contributed by atoms with E-state index in [0.717, 1.165) is 39.0 Å². The fourth-order valence-corrected chi connectivity index (χ4v) is 4.33. The predicted molar refractivity (Wildman–Crippen MR) is 86.1 cm³/mol. The van der Waals surface area contributed by atoms with E-state index in [2.05, 4.69) is 20.9 Å². The summed E-state index contributed by atoms with van der Waals surface area (Å²) in [6.45, 7) is 0. The van der Waals surface area contributed by atoms with Crippen LogP contribution in [-0.2, 0) is 12.8 Å². The van der Waals surface area contributed by atoms with E-state index < -0.39 is 0 Å². The van der Waals surface area contributed by atoms with Gasteiger partial charge in [-0.05, 0) is 49.4 Å². The fraction of sp³-hybridized carbons (Fsp3) is 0.267. The second-order valence-corrected chi connectivity index (χ2v) is 7.13. The molecule has 1 aliphatic rings. The van der Waals surface area contributed by atoms with E-state index in [1.165, 1.54) is 23.3 Å². The van der Waals surface area contributed by atoms with Crippen LogP contribution in [0.4, 0.5) is 5.00 Å². The van der Waals surface area contributed by atoms with Gasteiger partial charge in [0, 0.05) is 9.35 Å². The van der Waals surface area contributed by atoms with Gasteiger partial charge in [0.2, 0.25) is 5.89 Å². The van der Waals surface area contributed by atoms with Crippen molar-refractivity contribution in [1.29, 1.82) is 0 Å². The summed E-state index contributed by atoms with van der Waals surface area (Å²) in [6, 6.07) is 5.87. The lowest BCUT2D eigenvalue weighted by Crippen LogP contribution is -1.99. The number of hydrogen-bond acceptors (Lipinski definition) is 4. The van der Waals surface area contributed by atoms with Gasteiger partial charge in [-0.25, -0.2) is 4.98 Å². The number of anilines is 1. The predicted octanol–water partition coefficient (Wildman–Crippen LogP) is 4.78. The van der Waals surface area contributed by atoms with Crippen LogP contribution in [0.5, 0.6) is 0 Å². The second-order valence-electron chi connectivity index (χ2n) is 5.08. The van der Waals surface area contributed by atoms with Crippen molar-refractivity contribution in [2.75, 3.05) is 5.73 Å². The Morgan fingerprint density at radius 3 is 3.00 bits per heavy atom. The smallest absolute Gasteiger partial charge is 0.230 e. The number of oxazole rings is 1. The number of rotatable bonds is 1. The summed E-state index contributed by atoms with van der Waals surface area (Å²) in [7, 11) is 0. The molecule has 1 aliphatic carbocycles. The van der Waals surface area contributed by atoms with Crippen LogP contribution in [0.15, 0.2) is 27.1 Å². The van der Waals surface area contributed by atoms with Gasteiger partial charge >= 0.3 is 0 Å². The maximum Gasteiger partial charge on any atom is 0.230 e. The van der Waals surface area contributed by atoms with E-state index in [9.17, 15) is 0 Å². The zero-order valence-corrected chi connectivity index (χ0v) is 13.2. The number of thiophene rings is 1. The zero-order chi connectivity index (χ0) is 13.7. The highest BCUT2D eigenvalue weighted by atomic mass is 79.9. The SMILES string of the molecule is Nc1sc2c(c1-c1nc3cc(Br)ccc3o1)CCCC2. The van der Waals surface area contributed by atoms with E-state index in [1.807, 2.05) is 18.2 Å². The highest BCUT2D eigenvalue weighted by Gasteiger charge is 2.23. The van der Waals surface area contributed by atoms with Crippen LogP contribution in [0.25, 0.3) is 22.6 Å². The van der Waals surface area contributed by atoms with E-state index in [1.54, 1.807) is 11.3 Å². The van der Waals surface area contributed by atoms with Crippen LogP contribution in [0.2, 0.25) is 0 Å². The van der Waals surface area contributed by atoms with Gasteiger partial charge in [0.15, 0.2) is 5.58 Å². The number of aromatic nitrogens is 1. The number of fused-ring (bicyclic) bond motifs is 2. The molecule has 102 valence electrons. The Balaban J connectivity index is 1.92. The first-order valence-corrected chi connectivity index (χ1v) is 8.30. The van der Waals surface area contributed by atoms with Crippen LogP contribution < -0.4 is 5.73 Å². The molecule has 0 bridgehead atoms. The third kappa shape index (κ3) is 1.88. The summed E-state index contributed by atoms with van der Waals surface area (Å²) >= 11 is 5.15. The fourth-order valence-electron chi connectivity index (χ4n) is 2.83. The number of nitrogen functional groups attached to an aromatic ring is 1. The number of benzene rings is 1. The topological polar surface area (TPSA) is 52.0 Å². The number of halogens is 1. The highest BCUT2D eigenvalue weighted by Crippen LogP contribution is 2.42. The standard InChI is InChI=1S/C15H13BrN2OS/c16-8-5-6-11-10(7-8)18-15(19-11)13-9-3-1-2-4-12(9)20-14(13)17/h5-7H,1-4,17H2. The van der Waals surface area contributed by atoms with Gasteiger partial charge < -0.3 is 10.2 Å². The molecular weight excluding hydrogens is 336 g/mol. The average Bonchev–Trinajstić information content (AvgIpc) is 2.97. The quantitative estimate of drug-likeness (QED) is 0.688. The van der Waals surface area contributed by atoms with Crippen molar-refractivity contribution in [3.8, 4) is 11.5 Å². The van der Waals surface area contributed by atoms with E-state index >= 15 is 0 Å². The maximum atomic E-state index is 6.21. The average molecular weight is 349 g/mol. The minimum Gasteiger partial charge on any atom is -0.436 e. The van der Waals surface area contributed by atoms with Crippen molar-refractivity contribution in [3.63, 3.8) is 0 Å². The molecule has 2 N–H and O–H groups in total. The Morgan fingerprint density at radius 2 is 2.10 bits per heavy atom. The molecule has 0 saturated carbocycles. The molecule has 1 aromatic carbocycles. The van der Waals surface area contributed by atoms with Crippen molar-refractivity contribution in [2.45, 2.75) is 25.7 Å². The minimum absolute atomic E-state index is 0.662. The van der Waals surface area contributed by atoms with Crippen LogP contribution in [0, 0.1) is 0 Å². The molecule has 0 amide bonds. The van der Waals surface area contributed by atoms with E-state index in [0.29, 0.717) is 5.89 Å². The molecule has 0 aliphatic heterocycles. The third-order valence-corrected chi connectivity index (χ3v) is 5.38. The number of nitrogens with zero attached hydrogens (tertiary/aromatic N) is 1. The molecule has 0 radical (unpaired) electrons. The van der Waals surface area contributed by atoms with Crippen LogP contribution in [0.1, 0.15) is 23.3 Å². The summed E-state index contributed by atoms with van der Waals surface area (Å²) in [5, 5.41) is 0.836. The third-order valence-electron chi connectivity index (χ3n) is 3.76. The van der Waals surface area contributed by atoms with Gasteiger partial charge in [-0.3, -0.25) is 0 Å². The Bertz CT molecular complexity index is 806. The van der Waals surface area contributed by atoms with Crippen molar-refractivity contribution in [2.24, 2.45) is 0 Å². The minimum atomic E-state index is 0.662.